The molecule has 1 heterocycles. The second kappa shape index (κ2) is 6.05. The normalized spacial score (nSPS) is 19.6. The molecular weight excluding hydrogens is 240 g/mol. The minimum atomic E-state index is -0.443. The topological polar surface area (TPSA) is 56.5 Å². The van der Waals surface area contributed by atoms with Gasteiger partial charge in [-0.25, -0.2) is 0 Å². The molecule has 19 heavy (non-hydrogen) atoms. The molecule has 102 valence electrons. The summed E-state index contributed by atoms with van der Waals surface area (Å²) >= 11 is 0. The van der Waals surface area contributed by atoms with Gasteiger partial charge in [0.25, 0.3) is 0 Å². The van der Waals surface area contributed by atoms with Crippen molar-refractivity contribution in [1.82, 2.24) is 4.90 Å². The minimum Gasteiger partial charge on any atom is -0.508 e. The van der Waals surface area contributed by atoms with Gasteiger partial charge in [0.05, 0.1) is 19.3 Å². The van der Waals surface area contributed by atoms with E-state index in [1.165, 1.54) is 0 Å². The molecule has 0 bridgehead atoms. The Bertz CT molecular complexity index is 446. The zero-order valence-electron chi connectivity index (χ0n) is 11.3. The van der Waals surface area contributed by atoms with Gasteiger partial charge in [-0.3, -0.25) is 4.90 Å². The van der Waals surface area contributed by atoms with Gasteiger partial charge in [0, 0.05) is 13.1 Å². The van der Waals surface area contributed by atoms with Crippen molar-refractivity contribution in [1.29, 1.82) is 5.26 Å². The minimum absolute atomic E-state index is 0.278. The van der Waals surface area contributed by atoms with E-state index < -0.39 is 5.54 Å². The molecule has 0 saturated carbocycles. The van der Waals surface area contributed by atoms with Crippen LogP contribution < -0.4 is 0 Å². The van der Waals surface area contributed by atoms with E-state index in [0.29, 0.717) is 13.2 Å². The van der Waals surface area contributed by atoms with Crippen molar-refractivity contribution in [3.8, 4) is 11.8 Å². The van der Waals surface area contributed by atoms with Crippen LogP contribution in [0.2, 0.25) is 0 Å². The summed E-state index contributed by atoms with van der Waals surface area (Å²) in [6.07, 6.45) is 1.62. The number of hydrogen-bond acceptors (Lipinski definition) is 4. The molecule has 0 spiro atoms. The smallest absolute Gasteiger partial charge is 0.115 e. The van der Waals surface area contributed by atoms with Crippen LogP contribution in [0.15, 0.2) is 24.3 Å². The van der Waals surface area contributed by atoms with Crippen LogP contribution in [-0.2, 0) is 11.2 Å². The summed E-state index contributed by atoms with van der Waals surface area (Å²) in [4.78, 5) is 2.21. The number of nitriles is 1. The SMILES string of the molecule is CC(C#N)(CCc1ccc(O)cc1)N1CCOCC1. The van der Waals surface area contributed by atoms with Crippen molar-refractivity contribution < 1.29 is 9.84 Å². The Kier molecular flexibility index (Phi) is 4.41. The number of rotatable bonds is 4. The highest BCUT2D eigenvalue weighted by Crippen LogP contribution is 2.23. The fraction of sp³-hybridized carbons (Fsp3) is 0.533. The van der Waals surface area contributed by atoms with E-state index in [1.54, 1.807) is 12.1 Å². The van der Waals surface area contributed by atoms with Gasteiger partial charge in [0.2, 0.25) is 0 Å². The lowest BCUT2D eigenvalue weighted by Gasteiger charge is -2.38. The maximum absolute atomic E-state index is 9.49. The van der Waals surface area contributed by atoms with Gasteiger partial charge in [0.15, 0.2) is 0 Å². The van der Waals surface area contributed by atoms with E-state index >= 15 is 0 Å². The van der Waals surface area contributed by atoms with Gasteiger partial charge < -0.3 is 9.84 Å². The molecule has 1 atom stereocenters. The van der Waals surface area contributed by atoms with Crippen LogP contribution in [-0.4, -0.2) is 41.8 Å². The van der Waals surface area contributed by atoms with Crippen molar-refractivity contribution in [2.24, 2.45) is 0 Å². The number of aromatic hydroxyl groups is 1. The molecule has 1 fully saturated rings. The molecule has 2 rings (SSSR count). The largest absolute Gasteiger partial charge is 0.508 e. The highest BCUT2D eigenvalue weighted by Gasteiger charge is 2.32. The third-order valence-corrected chi connectivity index (χ3v) is 3.79. The third kappa shape index (κ3) is 3.46. The van der Waals surface area contributed by atoms with Crippen LogP contribution in [0, 0.1) is 11.3 Å². The Morgan fingerprint density at radius 1 is 1.32 bits per heavy atom. The van der Waals surface area contributed by atoms with E-state index in [2.05, 4.69) is 11.0 Å². The first kappa shape index (κ1) is 13.9. The second-order valence-corrected chi connectivity index (χ2v) is 5.15. The molecule has 1 aliphatic heterocycles. The maximum atomic E-state index is 9.49. The Balaban J connectivity index is 1.98. The molecule has 1 aliphatic rings. The van der Waals surface area contributed by atoms with Crippen LogP contribution in [0.3, 0.4) is 0 Å². The quantitative estimate of drug-likeness (QED) is 0.899. The average Bonchev–Trinajstić information content (AvgIpc) is 2.47. The van der Waals surface area contributed by atoms with Crippen molar-refractivity contribution >= 4 is 0 Å². The fourth-order valence-corrected chi connectivity index (χ4v) is 2.39. The summed E-state index contributed by atoms with van der Waals surface area (Å²) in [6, 6.07) is 9.65. The Morgan fingerprint density at radius 2 is 1.95 bits per heavy atom. The summed E-state index contributed by atoms with van der Waals surface area (Å²) in [6.45, 7) is 5.05. The zero-order chi connectivity index (χ0) is 13.7. The summed E-state index contributed by atoms with van der Waals surface area (Å²) in [5.74, 6) is 0.278. The lowest BCUT2D eigenvalue weighted by atomic mass is 9.92. The van der Waals surface area contributed by atoms with Gasteiger partial charge in [-0.2, -0.15) is 5.26 Å². The molecule has 1 aromatic rings. The number of ether oxygens (including phenoxy) is 1. The molecule has 4 heteroatoms. The van der Waals surface area contributed by atoms with Crippen LogP contribution in [0.1, 0.15) is 18.9 Å². The van der Waals surface area contributed by atoms with Crippen molar-refractivity contribution in [3.63, 3.8) is 0 Å². The number of hydrogen-bond donors (Lipinski definition) is 1. The zero-order valence-corrected chi connectivity index (χ0v) is 11.3. The predicted octanol–water partition coefficient (Wildman–Crippen LogP) is 1.94. The molecule has 0 radical (unpaired) electrons. The number of morpholine rings is 1. The molecule has 1 N–H and O–H groups in total. The van der Waals surface area contributed by atoms with E-state index in [0.717, 1.165) is 31.5 Å². The summed E-state index contributed by atoms with van der Waals surface area (Å²) in [5, 5.41) is 18.7. The molecule has 1 saturated heterocycles. The summed E-state index contributed by atoms with van der Waals surface area (Å²) in [5.41, 5.74) is 0.703. The monoisotopic (exact) mass is 260 g/mol. The number of nitrogens with zero attached hydrogens (tertiary/aromatic N) is 2. The molecule has 1 aromatic carbocycles. The average molecular weight is 260 g/mol. The standard InChI is InChI=1S/C15H20N2O2/c1-15(12-16,17-8-10-19-11-9-17)7-6-13-2-4-14(18)5-3-13/h2-5,18H,6-11H2,1H3. The summed E-state index contributed by atoms with van der Waals surface area (Å²) < 4.78 is 5.34. The van der Waals surface area contributed by atoms with Crippen LogP contribution >= 0.6 is 0 Å². The highest BCUT2D eigenvalue weighted by molar-refractivity contribution is 5.26. The highest BCUT2D eigenvalue weighted by atomic mass is 16.5. The lowest BCUT2D eigenvalue weighted by molar-refractivity contribution is -0.000448. The van der Waals surface area contributed by atoms with E-state index in [4.69, 9.17) is 4.74 Å². The Labute approximate surface area is 114 Å². The fourth-order valence-electron chi connectivity index (χ4n) is 2.39. The first-order valence-electron chi connectivity index (χ1n) is 6.66. The first-order chi connectivity index (χ1) is 9.14. The second-order valence-electron chi connectivity index (χ2n) is 5.15. The van der Waals surface area contributed by atoms with Crippen LogP contribution in [0.4, 0.5) is 0 Å². The van der Waals surface area contributed by atoms with Gasteiger partial charge in [-0.1, -0.05) is 12.1 Å². The van der Waals surface area contributed by atoms with Crippen molar-refractivity contribution in [2.45, 2.75) is 25.3 Å². The van der Waals surface area contributed by atoms with Gasteiger partial charge in [0.1, 0.15) is 11.3 Å². The van der Waals surface area contributed by atoms with Crippen LogP contribution in [0.5, 0.6) is 5.75 Å². The molecule has 0 amide bonds. The number of phenols is 1. The molecule has 0 aromatic heterocycles. The van der Waals surface area contributed by atoms with E-state index in [9.17, 15) is 10.4 Å². The van der Waals surface area contributed by atoms with E-state index in [1.807, 2.05) is 19.1 Å². The number of phenolic OH excluding ortho intramolecular Hbond substituents is 1. The lowest BCUT2D eigenvalue weighted by Crippen LogP contribution is -2.51. The molecule has 0 aliphatic carbocycles. The van der Waals surface area contributed by atoms with Gasteiger partial charge in [-0.05, 0) is 37.5 Å². The van der Waals surface area contributed by atoms with Gasteiger partial charge in [-0.15, -0.1) is 0 Å². The molecular formula is C15H20N2O2. The summed E-state index contributed by atoms with van der Waals surface area (Å²) in [7, 11) is 0. The number of aryl methyl sites for hydroxylation is 1. The Morgan fingerprint density at radius 3 is 2.53 bits per heavy atom. The van der Waals surface area contributed by atoms with Crippen molar-refractivity contribution in [2.75, 3.05) is 26.3 Å². The van der Waals surface area contributed by atoms with Crippen LogP contribution in [0.25, 0.3) is 0 Å². The number of benzene rings is 1. The Hall–Kier alpha value is -1.57. The van der Waals surface area contributed by atoms with Gasteiger partial charge >= 0.3 is 0 Å². The predicted molar refractivity (Wildman–Crippen MR) is 72.8 cm³/mol. The third-order valence-electron chi connectivity index (χ3n) is 3.79. The maximum Gasteiger partial charge on any atom is 0.115 e. The van der Waals surface area contributed by atoms with E-state index in [-0.39, 0.29) is 5.75 Å². The first-order valence-corrected chi connectivity index (χ1v) is 6.66. The molecule has 4 nitrogen and oxygen atoms in total. The van der Waals surface area contributed by atoms with Crippen molar-refractivity contribution in [3.05, 3.63) is 29.8 Å². The molecule has 1 unspecified atom stereocenters.